The standard InChI is InChI=1S/C13H13NO4S/c1-7-3-4-11(19-7)8(2)14-12(15)10-5-9(6-18-10)13(16)17/h3-6,8H,1-2H3,(H,14,15)(H,16,17). The first-order valence-corrected chi connectivity index (χ1v) is 6.48. The fourth-order valence-electron chi connectivity index (χ4n) is 1.59. The molecule has 19 heavy (non-hydrogen) atoms. The second-order valence-electron chi connectivity index (χ2n) is 4.15. The van der Waals surface area contributed by atoms with Crippen LogP contribution >= 0.6 is 11.3 Å². The molecule has 1 unspecified atom stereocenters. The van der Waals surface area contributed by atoms with Crippen LogP contribution in [0.5, 0.6) is 0 Å². The van der Waals surface area contributed by atoms with E-state index in [0.29, 0.717) is 0 Å². The van der Waals surface area contributed by atoms with E-state index in [0.717, 1.165) is 11.1 Å². The zero-order valence-corrected chi connectivity index (χ0v) is 11.3. The van der Waals surface area contributed by atoms with Gasteiger partial charge in [0.2, 0.25) is 0 Å². The van der Waals surface area contributed by atoms with Gasteiger partial charge in [0.05, 0.1) is 11.6 Å². The normalized spacial score (nSPS) is 12.1. The van der Waals surface area contributed by atoms with Crippen molar-refractivity contribution in [3.8, 4) is 0 Å². The maximum absolute atomic E-state index is 11.9. The van der Waals surface area contributed by atoms with Crippen LogP contribution in [-0.2, 0) is 0 Å². The highest BCUT2D eigenvalue weighted by atomic mass is 32.1. The Labute approximate surface area is 113 Å². The van der Waals surface area contributed by atoms with Crippen LogP contribution in [0, 0.1) is 6.92 Å². The number of furan rings is 1. The van der Waals surface area contributed by atoms with Gasteiger partial charge in [-0.05, 0) is 26.0 Å². The number of amides is 1. The van der Waals surface area contributed by atoms with Gasteiger partial charge in [0.15, 0.2) is 5.76 Å². The molecule has 1 atom stereocenters. The van der Waals surface area contributed by atoms with Crippen LogP contribution in [0.15, 0.2) is 28.9 Å². The summed E-state index contributed by atoms with van der Waals surface area (Å²) in [6.45, 7) is 3.86. The molecule has 6 heteroatoms. The van der Waals surface area contributed by atoms with Gasteiger partial charge in [-0.15, -0.1) is 11.3 Å². The lowest BCUT2D eigenvalue weighted by atomic mass is 10.2. The third-order valence-electron chi connectivity index (χ3n) is 2.61. The Morgan fingerprint density at radius 2 is 2.16 bits per heavy atom. The lowest BCUT2D eigenvalue weighted by molar-refractivity contribution is 0.0695. The number of thiophene rings is 1. The van der Waals surface area contributed by atoms with E-state index in [9.17, 15) is 9.59 Å². The van der Waals surface area contributed by atoms with Gasteiger partial charge < -0.3 is 14.8 Å². The summed E-state index contributed by atoms with van der Waals surface area (Å²) in [7, 11) is 0. The Kier molecular flexibility index (Phi) is 3.71. The molecule has 5 nitrogen and oxygen atoms in total. The molecule has 0 radical (unpaired) electrons. The number of nitrogens with one attached hydrogen (secondary N) is 1. The van der Waals surface area contributed by atoms with E-state index < -0.39 is 11.9 Å². The maximum Gasteiger partial charge on any atom is 0.338 e. The number of hydrogen-bond acceptors (Lipinski definition) is 4. The predicted molar refractivity (Wildman–Crippen MR) is 70.6 cm³/mol. The van der Waals surface area contributed by atoms with Crippen molar-refractivity contribution in [2.24, 2.45) is 0 Å². The molecule has 0 aliphatic rings. The Hall–Kier alpha value is -2.08. The molecule has 0 bridgehead atoms. The van der Waals surface area contributed by atoms with Gasteiger partial charge in [-0.25, -0.2) is 4.79 Å². The van der Waals surface area contributed by atoms with E-state index in [-0.39, 0.29) is 17.4 Å². The number of carboxylic acids is 1. The molecule has 2 heterocycles. The first kappa shape index (κ1) is 13.4. The van der Waals surface area contributed by atoms with Crippen LogP contribution in [-0.4, -0.2) is 17.0 Å². The number of carbonyl (C=O) groups is 2. The molecular formula is C13H13NO4S. The minimum atomic E-state index is -1.12. The average molecular weight is 279 g/mol. The molecule has 0 saturated carbocycles. The first-order chi connectivity index (χ1) is 8.97. The predicted octanol–water partition coefficient (Wildman–Crippen LogP) is 2.84. The van der Waals surface area contributed by atoms with Crippen molar-refractivity contribution in [1.29, 1.82) is 0 Å². The van der Waals surface area contributed by atoms with Crippen molar-refractivity contribution in [3.63, 3.8) is 0 Å². The first-order valence-electron chi connectivity index (χ1n) is 5.66. The zero-order valence-electron chi connectivity index (χ0n) is 10.5. The molecule has 0 aliphatic carbocycles. The third-order valence-corrected chi connectivity index (χ3v) is 3.79. The van der Waals surface area contributed by atoms with Crippen LogP contribution in [0.25, 0.3) is 0 Å². The third kappa shape index (κ3) is 3.03. The van der Waals surface area contributed by atoms with Gasteiger partial charge >= 0.3 is 5.97 Å². The highest BCUT2D eigenvalue weighted by Gasteiger charge is 2.17. The van der Waals surface area contributed by atoms with Crippen molar-refractivity contribution >= 4 is 23.2 Å². The fraction of sp³-hybridized carbons (Fsp3) is 0.231. The summed E-state index contributed by atoms with van der Waals surface area (Å²) in [4.78, 5) is 24.8. The molecule has 100 valence electrons. The summed E-state index contributed by atoms with van der Waals surface area (Å²) < 4.78 is 4.94. The Morgan fingerprint density at radius 3 is 2.68 bits per heavy atom. The van der Waals surface area contributed by atoms with Crippen LogP contribution in [0.1, 0.15) is 43.6 Å². The molecule has 0 aliphatic heterocycles. The van der Waals surface area contributed by atoms with Gasteiger partial charge in [0, 0.05) is 15.8 Å². The second-order valence-corrected chi connectivity index (χ2v) is 5.47. The van der Waals surface area contributed by atoms with Crippen LogP contribution < -0.4 is 5.32 Å². The molecule has 1 amide bonds. The number of hydrogen-bond donors (Lipinski definition) is 2. The molecule has 2 N–H and O–H groups in total. The molecule has 2 aromatic rings. The molecule has 0 fully saturated rings. The minimum Gasteiger partial charge on any atom is -0.478 e. The van der Waals surface area contributed by atoms with Gasteiger partial charge in [-0.1, -0.05) is 0 Å². The van der Waals surface area contributed by atoms with Gasteiger partial charge in [0.25, 0.3) is 5.91 Å². The zero-order chi connectivity index (χ0) is 14.0. The smallest absolute Gasteiger partial charge is 0.338 e. The highest BCUT2D eigenvalue weighted by molar-refractivity contribution is 7.12. The van der Waals surface area contributed by atoms with E-state index in [1.54, 1.807) is 11.3 Å². The van der Waals surface area contributed by atoms with E-state index >= 15 is 0 Å². The lowest BCUT2D eigenvalue weighted by Crippen LogP contribution is -2.25. The molecular weight excluding hydrogens is 266 g/mol. The number of rotatable bonds is 4. The van der Waals surface area contributed by atoms with E-state index in [4.69, 9.17) is 9.52 Å². The van der Waals surface area contributed by atoms with Crippen molar-refractivity contribution < 1.29 is 19.1 Å². The number of aryl methyl sites for hydroxylation is 1. The van der Waals surface area contributed by atoms with Gasteiger partial charge in [-0.3, -0.25) is 4.79 Å². The number of aromatic carboxylic acids is 1. The van der Waals surface area contributed by atoms with Crippen molar-refractivity contribution in [3.05, 3.63) is 45.5 Å². The molecule has 0 saturated heterocycles. The Balaban J connectivity index is 2.06. The molecule has 2 rings (SSSR count). The topological polar surface area (TPSA) is 79.5 Å². The van der Waals surface area contributed by atoms with Crippen molar-refractivity contribution in [2.75, 3.05) is 0 Å². The SMILES string of the molecule is Cc1ccc(C(C)NC(=O)c2cc(C(=O)O)co2)s1. The molecule has 0 aromatic carbocycles. The summed E-state index contributed by atoms with van der Waals surface area (Å²) in [6.07, 6.45) is 1.05. The van der Waals surface area contributed by atoms with Crippen LogP contribution in [0.2, 0.25) is 0 Å². The summed E-state index contributed by atoms with van der Waals surface area (Å²) >= 11 is 1.60. The monoisotopic (exact) mass is 279 g/mol. The van der Waals surface area contributed by atoms with Crippen molar-refractivity contribution in [2.45, 2.75) is 19.9 Å². The van der Waals surface area contributed by atoms with Crippen LogP contribution in [0.3, 0.4) is 0 Å². The second kappa shape index (κ2) is 5.27. The van der Waals surface area contributed by atoms with Crippen molar-refractivity contribution in [1.82, 2.24) is 5.32 Å². The minimum absolute atomic E-state index is 0.00229. The van der Waals surface area contributed by atoms with Gasteiger partial charge in [-0.2, -0.15) is 0 Å². The Bertz CT molecular complexity index is 614. The van der Waals surface area contributed by atoms with E-state index in [2.05, 4.69) is 5.32 Å². The summed E-state index contributed by atoms with van der Waals surface area (Å²) in [6, 6.07) is 5.00. The Morgan fingerprint density at radius 1 is 1.42 bits per heavy atom. The molecule has 2 aromatic heterocycles. The maximum atomic E-state index is 11.9. The number of carbonyl (C=O) groups excluding carboxylic acids is 1. The van der Waals surface area contributed by atoms with Crippen LogP contribution in [0.4, 0.5) is 0 Å². The fourth-order valence-corrected chi connectivity index (χ4v) is 2.47. The quantitative estimate of drug-likeness (QED) is 0.902. The summed E-state index contributed by atoms with van der Waals surface area (Å²) in [5.74, 6) is -1.55. The lowest BCUT2D eigenvalue weighted by Gasteiger charge is -2.10. The number of carboxylic acid groups (broad SMARTS) is 1. The largest absolute Gasteiger partial charge is 0.478 e. The summed E-state index contributed by atoms with van der Waals surface area (Å²) in [5, 5.41) is 11.5. The molecule has 0 spiro atoms. The summed E-state index contributed by atoms with van der Waals surface area (Å²) in [5.41, 5.74) is -0.0372. The average Bonchev–Trinajstić information content (AvgIpc) is 2.96. The highest BCUT2D eigenvalue weighted by Crippen LogP contribution is 2.22. The van der Waals surface area contributed by atoms with E-state index in [1.165, 1.54) is 10.9 Å². The van der Waals surface area contributed by atoms with Gasteiger partial charge in [0.1, 0.15) is 6.26 Å². The van der Waals surface area contributed by atoms with E-state index in [1.807, 2.05) is 26.0 Å².